The van der Waals surface area contributed by atoms with E-state index in [1.165, 1.54) is 12.5 Å². The van der Waals surface area contributed by atoms with Gasteiger partial charge in [0.2, 0.25) is 20.0 Å². The van der Waals surface area contributed by atoms with E-state index in [4.69, 9.17) is 32.7 Å². The fourth-order valence-corrected chi connectivity index (χ4v) is 5.60. The molecule has 10 nitrogen and oxygen atoms in total. The fraction of sp³-hybridized carbons (Fsp3) is 0.333. The molecule has 0 heterocycles. The molecule has 2 aromatic rings. The Hall–Kier alpha value is -3.13. The van der Waals surface area contributed by atoms with Crippen molar-refractivity contribution < 1.29 is 40.3 Å². The number of rotatable bonds is 12. The molecular weight excluding hydrogens is 634 g/mol. The monoisotopic (exact) mass is 662 g/mol. The van der Waals surface area contributed by atoms with Crippen LogP contribution in [-0.4, -0.2) is 52.6 Å². The van der Waals surface area contributed by atoms with Crippen LogP contribution < -0.4 is 14.2 Å². The van der Waals surface area contributed by atoms with Crippen LogP contribution in [0.3, 0.4) is 0 Å². The predicted octanol–water partition coefficient (Wildman–Crippen LogP) is 4.37. The van der Waals surface area contributed by atoms with E-state index in [1.807, 2.05) is 12.1 Å². The summed E-state index contributed by atoms with van der Waals surface area (Å²) in [6, 6.07) is 7.40. The Morgan fingerprint density at radius 1 is 1.10 bits per heavy atom. The molecule has 0 saturated heterocycles. The zero-order valence-corrected chi connectivity index (χ0v) is 25.9. The lowest BCUT2D eigenvalue weighted by atomic mass is 9.92. The molecule has 1 aliphatic carbocycles. The summed E-state index contributed by atoms with van der Waals surface area (Å²) in [5.74, 6) is -4.19. The molecule has 0 aliphatic heterocycles. The summed E-state index contributed by atoms with van der Waals surface area (Å²) in [6.45, 7) is 4.39. The Labute approximate surface area is 254 Å². The van der Waals surface area contributed by atoms with Gasteiger partial charge in [-0.2, -0.15) is 0 Å². The van der Waals surface area contributed by atoms with Crippen molar-refractivity contribution in [3.05, 3.63) is 81.8 Å². The molecule has 0 aromatic heterocycles. The van der Waals surface area contributed by atoms with Gasteiger partial charge in [0, 0.05) is 11.4 Å². The van der Waals surface area contributed by atoms with Gasteiger partial charge in [-0.05, 0) is 61.9 Å². The second-order valence-corrected chi connectivity index (χ2v) is 14.2. The standard InChI is InChI=1S/C27H29Cl2FN2O8S2/c1-16(28)12-21(26(33)31-41(3,35)36)17(2)39-10-11-42(37,38)32-27(34)22-14-23(29)25(15-24(22)30)40-20-9-8-18-6-4-5-7-19(18)13-20/h8-9,12-16H,2,4-7,10-11H2,1,3H3,(H,31,33)(H,32,34)/b21-12+. The summed E-state index contributed by atoms with van der Waals surface area (Å²) >= 11 is 12.1. The Bertz CT molecular complexity index is 1640. The number of allylic oxidation sites excluding steroid dienone is 1. The van der Waals surface area contributed by atoms with Crippen molar-refractivity contribution in [3.63, 3.8) is 0 Å². The van der Waals surface area contributed by atoms with Crippen molar-refractivity contribution in [1.29, 1.82) is 0 Å². The van der Waals surface area contributed by atoms with E-state index < -0.39 is 61.0 Å². The van der Waals surface area contributed by atoms with Crippen molar-refractivity contribution in [2.45, 2.75) is 38.0 Å². The van der Waals surface area contributed by atoms with Crippen LogP contribution in [0.2, 0.25) is 5.02 Å². The maximum absolute atomic E-state index is 14.8. The third-order valence-corrected chi connectivity index (χ3v) is 8.09. The van der Waals surface area contributed by atoms with Crippen LogP contribution >= 0.6 is 23.2 Å². The Morgan fingerprint density at radius 3 is 2.40 bits per heavy atom. The number of amides is 2. The molecule has 0 radical (unpaired) electrons. The molecular formula is C27H29Cl2FN2O8S2. The van der Waals surface area contributed by atoms with Gasteiger partial charge in [0.1, 0.15) is 35.4 Å². The van der Waals surface area contributed by atoms with Gasteiger partial charge in [0.15, 0.2) is 0 Å². The normalized spacial score (nSPS) is 14.4. The molecule has 42 heavy (non-hydrogen) atoms. The number of alkyl halides is 1. The molecule has 2 N–H and O–H groups in total. The summed E-state index contributed by atoms with van der Waals surface area (Å²) in [5.41, 5.74) is 1.40. The van der Waals surface area contributed by atoms with Crippen LogP contribution in [0.4, 0.5) is 4.39 Å². The third-order valence-electron chi connectivity index (χ3n) is 5.91. The van der Waals surface area contributed by atoms with Gasteiger partial charge >= 0.3 is 0 Å². The number of sulfonamides is 2. The molecule has 2 amide bonds. The lowest BCUT2D eigenvalue weighted by molar-refractivity contribution is -0.115. The van der Waals surface area contributed by atoms with Gasteiger partial charge < -0.3 is 9.47 Å². The van der Waals surface area contributed by atoms with Gasteiger partial charge in [-0.25, -0.2) is 30.7 Å². The second kappa shape index (κ2) is 13.9. The first-order valence-corrected chi connectivity index (χ1v) is 16.9. The molecule has 0 bridgehead atoms. The summed E-state index contributed by atoms with van der Waals surface area (Å²) in [6.07, 6.45) is 5.98. The highest BCUT2D eigenvalue weighted by Crippen LogP contribution is 2.34. The first kappa shape index (κ1) is 33.4. The number of halogens is 3. The molecule has 1 unspecified atom stereocenters. The van der Waals surface area contributed by atoms with Crippen molar-refractivity contribution >= 4 is 55.1 Å². The minimum atomic E-state index is -4.37. The highest BCUT2D eigenvalue weighted by Gasteiger charge is 2.23. The summed E-state index contributed by atoms with van der Waals surface area (Å²) < 4.78 is 76.9. The minimum Gasteiger partial charge on any atom is -0.492 e. The summed E-state index contributed by atoms with van der Waals surface area (Å²) in [5, 5.41) is -0.846. The molecule has 228 valence electrons. The zero-order valence-electron chi connectivity index (χ0n) is 22.7. The van der Waals surface area contributed by atoms with E-state index >= 15 is 0 Å². The number of carbonyl (C=O) groups is 2. The topological polar surface area (TPSA) is 145 Å². The van der Waals surface area contributed by atoms with Crippen LogP contribution in [-0.2, 0) is 42.4 Å². The molecule has 0 spiro atoms. The van der Waals surface area contributed by atoms with Crippen LogP contribution in [0, 0.1) is 5.82 Å². The highest BCUT2D eigenvalue weighted by molar-refractivity contribution is 7.90. The molecule has 1 atom stereocenters. The predicted molar refractivity (Wildman–Crippen MR) is 157 cm³/mol. The van der Waals surface area contributed by atoms with Crippen molar-refractivity contribution in [1.82, 2.24) is 9.44 Å². The molecule has 0 fully saturated rings. The zero-order chi connectivity index (χ0) is 31.2. The van der Waals surface area contributed by atoms with E-state index in [1.54, 1.807) is 15.5 Å². The van der Waals surface area contributed by atoms with E-state index in [0.717, 1.165) is 55.7 Å². The average Bonchev–Trinajstić information content (AvgIpc) is 2.87. The Morgan fingerprint density at radius 2 is 1.76 bits per heavy atom. The second-order valence-electron chi connectivity index (χ2n) is 9.49. The lowest BCUT2D eigenvalue weighted by Crippen LogP contribution is -2.34. The number of hydrogen-bond donors (Lipinski definition) is 2. The SMILES string of the molecule is C=C(OCCS(=O)(=O)NC(=O)c1cc(Cl)c(Oc2ccc3c(c2)CCCC3)cc1F)/C(=C\C(C)Cl)C(=O)NS(C)(=O)=O. The Balaban J connectivity index is 1.63. The largest absolute Gasteiger partial charge is 0.492 e. The van der Waals surface area contributed by atoms with E-state index in [2.05, 4.69) is 6.58 Å². The van der Waals surface area contributed by atoms with Gasteiger partial charge in [-0.1, -0.05) is 30.3 Å². The minimum absolute atomic E-state index is 0.0497. The molecule has 0 saturated carbocycles. The first-order valence-electron chi connectivity index (χ1n) is 12.6. The number of ether oxygens (including phenoxy) is 2. The van der Waals surface area contributed by atoms with Crippen molar-refractivity contribution in [2.75, 3.05) is 18.6 Å². The Kier molecular flexibility index (Phi) is 11.0. The van der Waals surface area contributed by atoms with Gasteiger partial charge in [-0.3, -0.25) is 9.59 Å². The van der Waals surface area contributed by atoms with E-state index in [0.29, 0.717) is 5.75 Å². The van der Waals surface area contributed by atoms with Gasteiger partial charge in [0.25, 0.3) is 11.8 Å². The number of nitrogens with one attached hydrogen (secondary N) is 2. The van der Waals surface area contributed by atoms with Crippen molar-refractivity contribution in [3.8, 4) is 11.5 Å². The molecule has 1 aliphatic rings. The number of hydrogen-bond acceptors (Lipinski definition) is 8. The van der Waals surface area contributed by atoms with Crippen LogP contribution in [0.15, 0.2) is 54.3 Å². The number of fused-ring (bicyclic) bond motifs is 1. The lowest BCUT2D eigenvalue weighted by Gasteiger charge is -2.17. The fourth-order valence-electron chi connectivity index (χ4n) is 4.03. The summed E-state index contributed by atoms with van der Waals surface area (Å²) in [7, 11) is -8.29. The van der Waals surface area contributed by atoms with E-state index in [-0.39, 0.29) is 22.1 Å². The third kappa shape index (κ3) is 9.72. The number of carbonyl (C=O) groups excluding carboxylic acids is 2. The first-order chi connectivity index (χ1) is 19.5. The number of benzene rings is 2. The molecule has 3 rings (SSSR count). The van der Waals surface area contributed by atoms with Crippen molar-refractivity contribution in [2.24, 2.45) is 0 Å². The highest BCUT2D eigenvalue weighted by atomic mass is 35.5. The quantitative estimate of drug-likeness (QED) is 0.148. The van der Waals surface area contributed by atoms with Crippen LogP contribution in [0.5, 0.6) is 11.5 Å². The maximum atomic E-state index is 14.8. The number of aryl methyl sites for hydroxylation is 2. The van der Waals surface area contributed by atoms with Crippen LogP contribution in [0.25, 0.3) is 0 Å². The van der Waals surface area contributed by atoms with Crippen LogP contribution in [0.1, 0.15) is 41.3 Å². The van der Waals surface area contributed by atoms with Gasteiger partial charge in [0.05, 0.1) is 22.4 Å². The molecule has 15 heteroatoms. The smallest absolute Gasteiger partial charge is 0.268 e. The van der Waals surface area contributed by atoms with E-state index in [9.17, 15) is 30.8 Å². The average molecular weight is 664 g/mol. The van der Waals surface area contributed by atoms with Gasteiger partial charge in [-0.15, -0.1) is 11.6 Å². The maximum Gasteiger partial charge on any atom is 0.268 e. The molecule has 2 aromatic carbocycles. The summed E-state index contributed by atoms with van der Waals surface area (Å²) in [4.78, 5) is 24.8.